The van der Waals surface area contributed by atoms with Crippen LogP contribution in [0.2, 0.25) is 5.02 Å². The van der Waals surface area contributed by atoms with E-state index in [1.54, 1.807) is 12.1 Å². The van der Waals surface area contributed by atoms with Gasteiger partial charge in [0.2, 0.25) is 5.91 Å². The maximum Gasteiger partial charge on any atom is 0.410 e. The Morgan fingerprint density at radius 1 is 1.42 bits per heavy atom. The minimum absolute atomic E-state index is 0.0217. The molecule has 1 aliphatic heterocycles. The Kier molecular flexibility index (Phi) is 5.42. The monoisotopic (exact) mass is 382 g/mol. The van der Waals surface area contributed by atoms with Crippen LogP contribution in [0.25, 0.3) is 0 Å². The van der Waals surface area contributed by atoms with E-state index >= 15 is 0 Å². The van der Waals surface area contributed by atoms with Gasteiger partial charge in [-0.2, -0.15) is 0 Å². The van der Waals surface area contributed by atoms with Crippen molar-refractivity contribution in [1.82, 2.24) is 10.2 Å². The van der Waals surface area contributed by atoms with Crippen LogP contribution in [0.3, 0.4) is 0 Å². The van der Waals surface area contributed by atoms with Gasteiger partial charge in [-0.25, -0.2) is 9.18 Å². The highest BCUT2D eigenvalue weighted by atomic mass is 35.5. The van der Waals surface area contributed by atoms with Crippen molar-refractivity contribution in [2.45, 2.75) is 45.7 Å². The lowest BCUT2D eigenvalue weighted by atomic mass is 10.0. The molecule has 3 rings (SSSR count). The first-order valence-electron chi connectivity index (χ1n) is 8.95. The number of nitrogens with zero attached hydrogens (tertiary/aromatic N) is 1. The molecule has 1 aromatic carbocycles. The molecule has 0 bridgehead atoms. The number of halogens is 2. The van der Waals surface area contributed by atoms with Crippen LogP contribution in [0.1, 0.15) is 38.7 Å². The summed E-state index contributed by atoms with van der Waals surface area (Å²) in [6.07, 6.45) is 2.23. The van der Waals surface area contributed by atoms with Gasteiger partial charge in [0.1, 0.15) is 11.9 Å². The van der Waals surface area contributed by atoms with E-state index in [9.17, 15) is 14.0 Å². The Morgan fingerprint density at radius 3 is 2.81 bits per heavy atom. The van der Waals surface area contributed by atoms with Gasteiger partial charge in [0.05, 0.1) is 11.6 Å². The number of nitrogens with one attached hydrogen (secondary N) is 1. The van der Waals surface area contributed by atoms with E-state index in [1.165, 1.54) is 11.0 Å². The van der Waals surface area contributed by atoms with Crippen LogP contribution in [0, 0.1) is 17.2 Å². The molecule has 26 heavy (non-hydrogen) atoms. The lowest BCUT2D eigenvalue weighted by molar-refractivity contribution is -0.125. The van der Waals surface area contributed by atoms with E-state index in [-0.39, 0.29) is 28.8 Å². The average molecular weight is 383 g/mol. The van der Waals surface area contributed by atoms with Crippen LogP contribution in [-0.2, 0) is 16.1 Å². The second-order valence-corrected chi connectivity index (χ2v) is 8.16. The SMILES string of the molecule is CC(C)COC(=O)N1CC2(CC2)CC1C(=O)NCc1cccc(Cl)c1F. The van der Waals surface area contributed by atoms with Crippen LogP contribution in [-0.4, -0.2) is 36.1 Å². The first kappa shape index (κ1) is 19.0. The molecule has 2 amide bonds. The summed E-state index contributed by atoms with van der Waals surface area (Å²) in [6, 6.07) is 4.10. The molecule has 1 unspecified atom stereocenters. The standard InChI is InChI=1S/C19H24ClFN2O3/c1-12(2)10-26-18(25)23-11-19(6-7-19)8-15(23)17(24)22-9-13-4-3-5-14(20)16(13)21/h3-5,12,15H,6-11H2,1-2H3,(H,22,24). The fraction of sp³-hybridized carbons (Fsp3) is 0.579. The number of hydrogen-bond donors (Lipinski definition) is 1. The second-order valence-electron chi connectivity index (χ2n) is 7.75. The van der Waals surface area contributed by atoms with E-state index in [0.29, 0.717) is 25.1 Å². The van der Waals surface area contributed by atoms with E-state index in [2.05, 4.69) is 5.32 Å². The molecule has 1 N–H and O–H groups in total. The Bertz CT molecular complexity index is 706. The van der Waals surface area contributed by atoms with Crippen molar-refractivity contribution >= 4 is 23.6 Å². The predicted octanol–water partition coefficient (Wildman–Crippen LogP) is 3.74. The third-order valence-electron chi connectivity index (χ3n) is 5.03. The molecule has 1 saturated carbocycles. The summed E-state index contributed by atoms with van der Waals surface area (Å²) in [4.78, 5) is 26.6. The number of rotatable bonds is 5. The molecular formula is C19H24ClFN2O3. The number of hydrogen-bond acceptors (Lipinski definition) is 3. The van der Waals surface area contributed by atoms with Crippen LogP contribution >= 0.6 is 11.6 Å². The van der Waals surface area contributed by atoms with Crippen LogP contribution in [0.4, 0.5) is 9.18 Å². The number of amides is 2. The zero-order valence-corrected chi connectivity index (χ0v) is 15.8. The summed E-state index contributed by atoms with van der Waals surface area (Å²) >= 11 is 5.77. The third-order valence-corrected chi connectivity index (χ3v) is 5.32. The largest absolute Gasteiger partial charge is 0.449 e. The summed E-state index contributed by atoms with van der Waals surface area (Å²) in [7, 11) is 0. The Balaban J connectivity index is 1.64. The van der Waals surface area contributed by atoms with E-state index in [4.69, 9.17) is 16.3 Å². The molecule has 5 nitrogen and oxygen atoms in total. The second kappa shape index (κ2) is 7.43. The van der Waals surface area contributed by atoms with Gasteiger partial charge >= 0.3 is 6.09 Å². The Morgan fingerprint density at radius 2 is 2.15 bits per heavy atom. The fourth-order valence-corrected chi connectivity index (χ4v) is 3.52. The molecule has 1 spiro atoms. The van der Waals surface area contributed by atoms with Crippen molar-refractivity contribution < 1.29 is 18.7 Å². The van der Waals surface area contributed by atoms with Crippen molar-refractivity contribution in [1.29, 1.82) is 0 Å². The Labute approximate surface area is 157 Å². The molecule has 2 aliphatic rings. The van der Waals surface area contributed by atoms with E-state index in [1.807, 2.05) is 13.8 Å². The summed E-state index contributed by atoms with van der Waals surface area (Å²) in [6.45, 7) is 4.83. The summed E-state index contributed by atoms with van der Waals surface area (Å²) in [5.41, 5.74) is 0.374. The maximum atomic E-state index is 14.0. The third kappa shape index (κ3) is 4.11. The highest BCUT2D eigenvalue weighted by Crippen LogP contribution is 2.54. The summed E-state index contributed by atoms with van der Waals surface area (Å²) in [5, 5.41) is 2.76. The van der Waals surface area contributed by atoms with Gasteiger partial charge in [-0.3, -0.25) is 9.69 Å². The van der Waals surface area contributed by atoms with Gasteiger partial charge in [0.25, 0.3) is 0 Å². The first-order chi connectivity index (χ1) is 12.3. The summed E-state index contributed by atoms with van der Waals surface area (Å²) in [5.74, 6) is -0.586. The van der Waals surface area contributed by atoms with Gasteiger partial charge in [-0.05, 0) is 36.7 Å². The zero-order chi connectivity index (χ0) is 18.9. The van der Waals surface area contributed by atoms with Crippen molar-refractivity contribution in [3.05, 3.63) is 34.6 Å². The molecule has 1 aromatic rings. The molecule has 0 radical (unpaired) electrons. The van der Waals surface area contributed by atoms with Crippen LogP contribution in [0.5, 0.6) is 0 Å². The molecule has 7 heteroatoms. The van der Waals surface area contributed by atoms with Crippen molar-refractivity contribution in [2.75, 3.05) is 13.2 Å². The fourth-order valence-electron chi connectivity index (χ4n) is 3.33. The number of likely N-dealkylation sites (tertiary alicyclic amines) is 1. The van der Waals surface area contributed by atoms with Crippen LogP contribution in [0.15, 0.2) is 18.2 Å². The minimum Gasteiger partial charge on any atom is -0.449 e. The molecule has 0 aromatic heterocycles. The maximum absolute atomic E-state index is 14.0. The molecule has 1 saturated heterocycles. The van der Waals surface area contributed by atoms with Gasteiger partial charge in [0, 0.05) is 18.7 Å². The van der Waals surface area contributed by atoms with Gasteiger partial charge in [0.15, 0.2) is 0 Å². The van der Waals surface area contributed by atoms with Crippen molar-refractivity contribution in [2.24, 2.45) is 11.3 Å². The number of benzene rings is 1. The first-order valence-corrected chi connectivity index (χ1v) is 9.33. The van der Waals surface area contributed by atoms with Gasteiger partial charge in [-0.15, -0.1) is 0 Å². The Hall–Kier alpha value is -1.82. The highest BCUT2D eigenvalue weighted by molar-refractivity contribution is 6.30. The topological polar surface area (TPSA) is 58.6 Å². The molecule has 1 heterocycles. The number of ether oxygens (including phenoxy) is 1. The van der Waals surface area contributed by atoms with Gasteiger partial charge < -0.3 is 10.1 Å². The average Bonchev–Trinajstić information content (AvgIpc) is 3.24. The molecule has 1 aliphatic carbocycles. The minimum atomic E-state index is -0.570. The molecule has 2 fully saturated rings. The molecule has 142 valence electrons. The lowest BCUT2D eigenvalue weighted by Gasteiger charge is -2.23. The molecule has 1 atom stereocenters. The summed E-state index contributed by atoms with van der Waals surface area (Å²) < 4.78 is 19.3. The van der Waals surface area contributed by atoms with Crippen molar-refractivity contribution in [3.8, 4) is 0 Å². The van der Waals surface area contributed by atoms with E-state index < -0.39 is 18.0 Å². The van der Waals surface area contributed by atoms with Crippen molar-refractivity contribution in [3.63, 3.8) is 0 Å². The number of carbonyl (C=O) groups excluding carboxylic acids is 2. The highest BCUT2D eigenvalue weighted by Gasteiger charge is 2.55. The molecular weight excluding hydrogens is 359 g/mol. The lowest BCUT2D eigenvalue weighted by Crippen LogP contribution is -2.46. The predicted molar refractivity (Wildman–Crippen MR) is 96.2 cm³/mol. The zero-order valence-electron chi connectivity index (χ0n) is 15.1. The quantitative estimate of drug-likeness (QED) is 0.843. The van der Waals surface area contributed by atoms with Crippen LogP contribution < -0.4 is 5.32 Å². The normalized spacial score (nSPS) is 20.5. The smallest absolute Gasteiger partial charge is 0.410 e. The number of carbonyl (C=O) groups is 2. The van der Waals surface area contributed by atoms with E-state index in [0.717, 1.165) is 12.8 Å². The van der Waals surface area contributed by atoms with Gasteiger partial charge in [-0.1, -0.05) is 37.6 Å².